The fraction of sp³-hybridized carbons (Fsp3) is 0.600. The van der Waals surface area contributed by atoms with Gasteiger partial charge in [0.15, 0.2) is 0 Å². The minimum atomic E-state index is 0.614. The highest BCUT2D eigenvalue weighted by Crippen LogP contribution is 2.19. The van der Waals surface area contributed by atoms with Crippen LogP contribution in [0.5, 0.6) is 0 Å². The van der Waals surface area contributed by atoms with Crippen LogP contribution >= 0.6 is 0 Å². The Kier molecular flexibility index (Phi) is 6.71. The Morgan fingerprint density at radius 1 is 1.06 bits per heavy atom. The molecule has 0 amide bonds. The fourth-order valence-corrected chi connectivity index (χ4v) is 2.21. The van der Waals surface area contributed by atoms with E-state index < -0.39 is 0 Å². The zero-order chi connectivity index (χ0) is 12.5. The number of anilines is 1. The number of nitrogens with one attached hydrogen (secondary N) is 2. The highest BCUT2D eigenvalue weighted by molar-refractivity contribution is 5.51. The molecule has 0 atom stereocenters. The predicted octanol–water partition coefficient (Wildman–Crippen LogP) is 3.79. The highest BCUT2D eigenvalue weighted by Gasteiger charge is 2.08. The summed E-state index contributed by atoms with van der Waals surface area (Å²) in [4.78, 5) is 0. The minimum absolute atomic E-state index is 0.614. The molecular weight excluding hydrogens is 208 g/mol. The van der Waals surface area contributed by atoms with E-state index in [2.05, 4.69) is 48.7 Å². The maximum Gasteiger partial charge on any atom is 0.0387 e. The van der Waals surface area contributed by atoms with Crippen molar-refractivity contribution >= 4 is 5.69 Å². The first-order chi connectivity index (χ1) is 8.31. The average molecular weight is 234 g/mol. The number of benzene rings is 1. The molecule has 0 aliphatic rings. The van der Waals surface area contributed by atoms with Crippen LogP contribution < -0.4 is 10.6 Å². The van der Waals surface area contributed by atoms with Crippen LogP contribution in [0.15, 0.2) is 24.3 Å². The van der Waals surface area contributed by atoms with E-state index in [0.29, 0.717) is 6.04 Å². The largest absolute Gasteiger partial charge is 0.382 e. The molecule has 17 heavy (non-hydrogen) atoms. The smallest absolute Gasteiger partial charge is 0.0387 e. The van der Waals surface area contributed by atoms with Gasteiger partial charge in [0.05, 0.1) is 0 Å². The number of hydrogen-bond donors (Lipinski definition) is 2. The fourth-order valence-electron chi connectivity index (χ4n) is 2.21. The lowest BCUT2D eigenvalue weighted by Gasteiger charge is -2.21. The number of hydrogen-bond acceptors (Lipinski definition) is 2. The Bertz CT molecular complexity index is 304. The molecule has 0 spiro atoms. The van der Waals surface area contributed by atoms with Crippen LogP contribution in [0.3, 0.4) is 0 Å². The Morgan fingerprint density at radius 2 is 1.71 bits per heavy atom. The topological polar surface area (TPSA) is 24.1 Å². The molecule has 0 aliphatic heterocycles. The number of rotatable bonds is 8. The normalized spacial score (nSPS) is 10.8. The summed E-state index contributed by atoms with van der Waals surface area (Å²) in [6.07, 6.45) is 4.99. The van der Waals surface area contributed by atoms with E-state index in [1.165, 1.54) is 36.9 Å². The third-order valence-corrected chi connectivity index (χ3v) is 3.02. The molecule has 0 fully saturated rings. The monoisotopic (exact) mass is 234 g/mol. The first-order valence-corrected chi connectivity index (χ1v) is 6.80. The summed E-state index contributed by atoms with van der Waals surface area (Å²) in [5.41, 5.74) is 2.64. The zero-order valence-electron chi connectivity index (χ0n) is 11.4. The molecule has 2 N–H and O–H groups in total. The van der Waals surface area contributed by atoms with Gasteiger partial charge in [-0.1, -0.05) is 44.9 Å². The number of para-hydroxylation sites is 1. The van der Waals surface area contributed by atoms with Crippen molar-refractivity contribution in [1.29, 1.82) is 0 Å². The van der Waals surface area contributed by atoms with Crippen LogP contribution in [0.4, 0.5) is 5.69 Å². The van der Waals surface area contributed by atoms with Gasteiger partial charge in [-0.3, -0.25) is 0 Å². The quantitative estimate of drug-likeness (QED) is 0.715. The van der Waals surface area contributed by atoms with E-state index >= 15 is 0 Å². The third-order valence-electron chi connectivity index (χ3n) is 3.02. The molecule has 1 aromatic carbocycles. The summed E-state index contributed by atoms with van der Waals surface area (Å²) in [7, 11) is 1.99. The van der Waals surface area contributed by atoms with Crippen molar-refractivity contribution in [3.05, 3.63) is 29.8 Å². The molecule has 0 heterocycles. The maximum atomic E-state index is 3.69. The summed E-state index contributed by atoms with van der Waals surface area (Å²) < 4.78 is 0. The van der Waals surface area contributed by atoms with Gasteiger partial charge in [0, 0.05) is 18.3 Å². The molecule has 1 aromatic rings. The van der Waals surface area contributed by atoms with Gasteiger partial charge in [0.25, 0.3) is 0 Å². The lowest BCUT2D eigenvalue weighted by Crippen LogP contribution is -2.20. The second kappa shape index (κ2) is 8.13. The minimum Gasteiger partial charge on any atom is -0.382 e. The third kappa shape index (κ3) is 4.78. The van der Waals surface area contributed by atoms with Crippen molar-refractivity contribution in [2.24, 2.45) is 0 Å². The summed E-state index contributed by atoms with van der Waals surface area (Å²) >= 11 is 0. The van der Waals surface area contributed by atoms with E-state index in [9.17, 15) is 0 Å². The maximum absolute atomic E-state index is 3.69. The van der Waals surface area contributed by atoms with Crippen molar-refractivity contribution < 1.29 is 0 Å². The van der Waals surface area contributed by atoms with Crippen LogP contribution in [0.25, 0.3) is 0 Å². The van der Waals surface area contributed by atoms with Crippen molar-refractivity contribution in [1.82, 2.24) is 5.32 Å². The molecule has 0 saturated carbocycles. The lowest BCUT2D eigenvalue weighted by molar-refractivity contribution is 0.585. The van der Waals surface area contributed by atoms with Crippen LogP contribution in [0, 0.1) is 0 Å². The van der Waals surface area contributed by atoms with Gasteiger partial charge in [0.1, 0.15) is 0 Å². The molecule has 96 valence electrons. The first kappa shape index (κ1) is 14.0. The second-order valence-corrected chi connectivity index (χ2v) is 4.61. The van der Waals surface area contributed by atoms with Gasteiger partial charge in [-0.05, 0) is 31.5 Å². The first-order valence-electron chi connectivity index (χ1n) is 6.80. The molecule has 2 nitrogen and oxygen atoms in total. The van der Waals surface area contributed by atoms with Gasteiger partial charge < -0.3 is 10.6 Å². The Hall–Kier alpha value is -1.02. The van der Waals surface area contributed by atoms with Gasteiger partial charge >= 0.3 is 0 Å². The Balaban J connectivity index is 2.69. The summed E-state index contributed by atoms with van der Waals surface area (Å²) in [6.45, 7) is 5.43. The van der Waals surface area contributed by atoms with Crippen LogP contribution in [-0.2, 0) is 6.54 Å². The summed E-state index contributed by atoms with van der Waals surface area (Å²) in [6, 6.07) is 9.20. The van der Waals surface area contributed by atoms with E-state index in [1.54, 1.807) is 0 Å². The Labute approximate surface area is 106 Å². The average Bonchev–Trinajstić information content (AvgIpc) is 2.33. The van der Waals surface area contributed by atoms with Crippen LogP contribution in [-0.4, -0.2) is 13.1 Å². The van der Waals surface area contributed by atoms with E-state index in [4.69, 9.17) is 0 Å². The van der Waals surface area contributed by atoms with Gasteiger partial charge in [-0.15, -0.1) is 0 Å². The van der Waals surface area contributed by atoms with Gasteiger partial charge in [-0.25, -0.2) is 0 Å². The van der Waals surface area contributed by atoms with Crippen molar-refractivity contribution in [2.75, 3.05) is 12.4 Å². The summed E-state index contributed by atoms with van der Waals surface area (Å²) in [5, 5.41) is 6.92. The van der Waals surface area contributed by atoms with Gasteiger partial charge in [0.2, 0.25) is 0 Å². The molecule has 0 aromatic heterocycles. The van der Waals surface area contributed by atoms with Crippen LogP contribution in [0.1, 0.15) is 45.1 Å². The molecule has 0 bridgehead atoms. The van der Waals surface area contributed by atoms with Gasteiger partial charge in [-0.2, -0.15) is 0 Å². The molecule has 2 heteroatoms. The van der Waals surface area contributed by atoms with Crippen molar-refractivity contribution in [2.45, 2.75) is 52.1 Å². The zero-order valence-corrected chi connectivity index (χ0v) is 11.4. The predicted molar refractivity (Wildman–Crippen MR) is 76.4 cm³/mol. The lowest BCUT2D eigenvalue weighted by atomic mass is 10.1. The molecule has 1 rings (SSSR count). The molecule has 0 saturated heterocycles. The van der Waals surface area contributed by atoms with E-state index in [-0.39, 0.29) is 0 Å². The van der Waals surface area contributed by atoms with Crippen molar-refractivity contribution in [3.63, 3.8) is 0 Å². The van der Waals surface area contributed by atoms with Crippen molar-refractivity contribution in [3.8, 4) is 0 Å². The molecule has 0 radical (unpaired) electrons. The molecular formula is C15H26N2. The standard InChI is InChI=1S/C15H26N2/c1-4-8-14(9-5-2)17-15-11-7-6-10-13(15)12-16-3/h6-7,10-11,14,16-17H,4-5,8-9,12H2,1-3H3. The van der Waals surface area contributed by atoms with E-state index in [1.807, 2.05) is 7.05 Å². The highest BCUT2D eigenvalue weighted by atomic mass is 14.9. The second-order valence-electron chi connectivity index (χ2n) is 4.61. The molecule has 0 unspecified atom stereocenters. The van der Waals surface area contributed by atoms with Crippen LogP contribution in [0.2, 0.25) is 0 Å². The summed E-state index contributed by atoms with van der Waals surface area (Å²) in [5.74, 6) is 0. The molecule has 0 aliphatic carbocycles. The SMILES string of the molecule is CCCC(CCC)Nc1ccccc1CNC. The van der Waals surface area contributed by atoms with E-state index in [0.717, 1.165) is 6.54 Å². The Morgan fingerprint density at radius 3 is 2.29 bits per heavy atom.